The highest BCUT2D eigenvalue weighted by Gasteiger charge is 2.40. The molecular weight excluding hydrogens is 540 g/mol. The van der Waals surface area contributed by atoms with Crippen molar-refractivity contribution in [1.29, 1.82) is 0 Å². The van der Waals surface area contributed by atoms with E-state index in [0.29, 0.717) is 24.1 Å². The van der Waals surface area contributed by atoms with Gasteiger partial charge in [0.2, 0.25) is 0 Å². The predicted octanol–water partition coefficient (Wildman–Crippen LogP) is 9.67. The van der Waals surface area contributed by atoms with Crippen LogP contribution in [0, 0.1) is 13.8 Å². The molecule has 0 aromatic heterocycles. The Morgan fingerprint density at radius 3 is 2.21 bits per heavy atom. The van der Waals surface area contributed by atoms with Crippen LogP contribution in [-0.2, 0) is 5.92 Å². The molecule has 3 nitrogen and oxygen atoms in total. The first-order valence-corrected chi connectivity index (χ1v) is 12.5. The molecular formula is C29H36ClF6N3. The maximum Gasteiger partial charge on any atom is 0.399 e. The number of alkyl halides is 5. The van der Waals surface area contributed by atoms with E-state index in [1.54, 1.807) is 33.2 Å². The number of aryl methyl sites for hydroxylation is 1. The van der Waals surface area contributed by atoms with E-state index in [-0.39, 0.29) is 16.3 Å². The minimum atomic E-state index is -4.81. The average Bonchev–Trinajstić information content (AvgIpc) is 2.86. The van der Waals surface area contributed by atoms with Crippen LogP contribution in [0.5, 0.6) is 0 Å². The summed E-state index contributed by atoms with van der Waals surface area (Å²) in [4.78, 5) is 7.80. The number of nitrogens with zero attached hydrogens (tertiary/aromatic N) is 2. The van der Waals surface area contributed by atoms with Gasteiger partial charge in [0.1, 0.15) is 11.7 Å². The molecule has 0 saturated carbocycles. The highest BCUT2D eigenvalue weighted by Crippen LogP contribution is 2.41. The summed E-state index contributed by atoms with van der Waals surface area (Å²) in [6.45, 7) is 12.1. The van der Waals surface area contributed by atoms with E-state index in [1.807, 2.05) is 20.1 Å². The van der Waals surface area contributed by atoms with Gasteiger partial charge in [-0.1, -0.05) is 44.2 Å². The molecule has 0 saturated heterocycles. The van der Waals surface area contributed by atoms with Crippen LogP contribution in [0.4, 0.5) is 32.0 Å². The summed E-state index contributed by atoms with van der Waals surface area (Å²) in [5, 5.41) is 0.124. The minimum Gasteiger partial charge on any atom is -0.398 e. The number of rotatable bonds is 8. The second-order valence-corrected chi connectivity index (χ2v) is 8.60. The van der Waals surface area contributed by atoms with E-state index in [4.69, 9.17) is 17.3 Å². The quantitative estimate of drug-likeness (QED) is 0.145. The number of hydrogen-bond donors (Lipinski definition) is 1. The number of nitrogen functional groups attached to an aromatic ring is 1. The lowest BCUT2D eigenvalue weighted by Crippen LogP contribution is -2.19. The van der Waals surface area contributed by atoms with Crippen molar-refractivity contribution in [3.8, 4) is 0 Å². The van der Waals surface area contributed by atoms with Crippen molar-refractivity contribution in [2.45, 2.75) is 59.1 Å². The molecule has 0 amide bonds. The number of benzene rings is 2. The fourth-order valence-electron chi connectivity index (χ4n) is 3.14. The third-order valence-electron chi connectivity index (χ3n) is 5.23. The zero-order valence-corrected chi connectivity index (χ0v) is 23.8. The predicted molar refractivity (Wildman–Crippen MR) is 153 cm³/mol. The Labute approximate surface area is 232 Å². The molecule has 0 aliphatic carbocycles. The first-order chi connectivity index (χ1) is 18.1. The maximum atomic E-state index is 14.6. The number of anilines is 1. The summed E-state index contributed by atoms with van der Waals surface area (Å²) < 4.78 is 82.5. The highest BCUT2D eigenvalue weighted by molar-refractivity contribution is 6.31. The van der Waals surface area contributed by atoms with Crippen LogP contribution in [0.3, 0.4) is 0 Å². The Hall–Kier alpha value is -3.07. The molecule has 39 heavy (non-hydrogen) atoms. The van der Waals surface area contributed by atoms with Gasteiger partial charge in [0.15, 0.2) is 0 Å². The summed E-state index contributed by atoms with van der Waals surface area (Å²) in [5.74, 6) is -6.96. The number of hydrogen-bond acceptors (Lipinski definition) is 3. The Morgan fingerprint density at radius 1 is 1.10 bits per heavy atom. The van der Waals surface area contributed by atoms with Crippen molar-refractivity contribution in [2.75, 3.05) is 19.3 Å². The second kappa shape index (κ2) is 16.8. The molecule has 0 spiro atoms. The van der Waals surface area contributed by atoms with Crippen LogP contribution in [0.2, 0.25) is 5.02 Å². The van der Waals surface area contributed by atoms with E-state index in [2.05, 4.69) is 16.6 Å². The lowest BCUT2D eigenvalue weighted by molar-refractivity contribution is -0.139. The van der Waals surface area contributed by atoms with Crippen LogP contribution in [-0.4, -0.2) is 32.2 Å². The van der Waals surface area contributed by atoms with Gasteiger partial charge in [0.25, 0.3) is 5.92 Å². The number of nitrogens with two attached hydrogens (primary N) is 1. The molecule has 0 aliphatic heterocycles. The first kappa shape index (κ1) is 35.9. The SMILES string of the molecule is C=CC=NCCC=NC.CC.Cc1cc(C(/C=C(\F)c2ccc(N)c(C(C)(F)F)c2)C(F)(F)F)cc(Cl)c1C. The van der Waals surface area contributed by atoms with Crippen molar-refractivity contribution in [3.05, 3.63) is 81.9 Å². The van der Waals surface area contributed by atoms with Gasteiger partial charge in [-0.25, -0.2) is 13.2 Å². The van der Waals surface area contributed by atoms with Gasteiger partial charge in [0, 0.05) is 61.2 Å². The lowest BCUT2D eigenvalue weighted by atomic mass is 9.93. The van der Waals surface area contributed by atoms with Crippen molar-refractivity contribution in [2.24, 2.45) is 9.98 Å². The van der Waals surface area contributed by atoms with E-state index in [1.165, 1.54) is 6.07 Å². The molecule has 1 atom stereocenters. The number of halogens is 7. The van der Waals surface area contributed by atoms with Crippen molar-refractivity contribution >= 4 is 35.5 Å². The molecule has 2 N–H and O–H groups in total. The molecule has 0 radical (unpaired) electrons. The Bertz CT molecular complexity index is 1130. The van der Waals surface area contributed by atoms with Gasteiger partial charge in [-0.15, -0.1) is 0 Å². The van der Waals surface area contributed by atoms with Crippen LogP contribution < -0.4 is 5.73 Å². The number of aliphatic imine (C=N–C) groups is 2. The molecule has 2 aromatic carbocycles. The highest BCUT2D eigenvalue weighted by atomic mass is 35.5. The Balaban J connectivity index is 0.00000111. The molecule has 0 fully saturated rings. The topological polar surface area (TPSA) is 50.7 Å². The molecule has 216 valence electrons. The summed E-state index contributed by atoms with van der Waals surface area (Å²) >= 11 is 5.98. The summed E-state index contributed by atoms with van der Waals surface area (Å²) in [6.07, 6.45) is 1.67. The number of allylic oxidation sites excluding steroid dienone is 2. The third-order valence-corrected chi connectivity index (χ3v) is 5.63. The monoisotopic (exact) mass is 575 g/mol. The molecule has 2 rings (SSSR count). The fourth-order valence-corrected chi connectivity index (χ4v) is 3.42. The van der Waals surface area contributed by atoms with Gasteiger partial charge < -0.3 is 10.7 Å². The zero-order chi connectivity index (χ0) is 30.4. The van der Waals surface area contributed by atoms with Crippen LogP contribution in [0.25, 0.3) is 5.83 Å². The van der Waals surface area contributed by atoms with Gasteiger partial charge in [-0.3, -0.25) is 4.99 Å². The van der Waals surface area contributed by atoms with Crippen LogP contribution in [0.15, 0.2) is 59.0 Å². The maximum absolute atomic E-state index is 14.6. The molecule has 0 heterocycles. The average molecular weight is 576 g/mol. The van der Waals surface area contributed by atoms with Gasteiger partial charge in [-0.05, 0) is 60.9 Å². The molecule has 2 aromatic rings. The summed E-state index contributed by atoms with van der Waals surface area (Å²) in [5.41, 5.74) is 5.00. The fraction of sp³-hybridized carbons (Fsp3) is 0.379. The lowest BCUT2D eigenvalue weighted by Gasteiger charge is -2.20. The van der Waals surface area contributed by atoms with Crippen LogP contribution in [0.1, 0.15) is 60.9 Å². The zero-order valence-electron chi connectivity index (χ0n) is 23.0. The van der Waals surface area contributed by atoms with E-state index < -0.39 is 35.0 Å². The van der Waals surface area contributed by atoms with Crippen molar-refractivity contribution in [1.82, 2.24) is 0 Å². The molecule has 0 aliphatic rings. The van der Waals surface area contributed by atoms with Crippen LogP contribution >= 0.6 is 11.6 Å². The van der Waals surface area contributed by atoms with Gasteiger partial charge in [-0.2, -0.15) is 13.2 Å². The van der Waals surface area contributed by atoms with E-state index in [0.717, 1.165) is 37.2 Å². The Kier molecular flexibility index (Phi) is 15.5. The minimum absolute atomic E-state index is 0.124. The largest absolute Gasteiger partial charge is 0.399 e. The normalized spacial score (nSPS) is 13.0. The van der Waals surface area contributed by atoms with Crippen molar-refractivity contribution < 1.29 is 26.3 Å². The molecule has 1 unspecified atom stereocenters. The standard InChI is InChI=1S/C20H18ClF6N.C7H12N2.C2H6/c1-10-6-13(8-16(21)11(10)2)14(20(25,26)27)9-17(22)12-4-5-18(28)15(7-12)19(3,23)24;1-3-5-9-7-4-6-8-2;1-2/h4-9,14H,28H2,1-3H3;3,5-6H,1,4,7H2,2H3;1-2H3/b17-9-;;. The van der Waals surface area contributed by atoms with Crippen molar-refractivity contribution in [3.63, 3.8) is 0 Å². The van der Waals surface area contributed by atoms with E-state index >= 15 is 0 Å². The van der Waals surface area contributed by atoms with Gasteiger partial charge >= 0.3 is 6.18 Å². The smallest absolute Gasteiger partial charge is 0.398 e. The summed E-state index contributed by atoms with van der Waals surface area (Å²) in [6, 6.07) is 5.24. The summed E-state index contributed by atoms with van der Waals surface area (Å²) in [7, 11) is 1.76. The molecule has 0 bridgehead atoms. The van der Waals surface area contributed by atoms with Gasteiger partial charge in [0.05, 0.1) is 0 Å². The van der Waals surface area contributed by atoms with E-state index in [9.17, 15) is 26.3 Å². The first-order valence-electron chi connectivity index (χ1n) is 12.1. The second-order valence-electron chi connectivity index (χ2n) is 8.19. The third kappa shape index (κ3) is 12.1. The Morgan fingerprint density at radius 2 is 1.72 bits per heavy atom. The molecule has 10 heteroatoms.